The predicted molar refractivity (Wildman–Crippen MR) is 36.8 cm³/mol. The van der Waals surface area contributed by atoms with E-state index in [0.717, 1.165) is 0 Å². The summed E-state index contributed by atoms with van der Waals surface area (Å²) >= 11 is 1.76. The Morgan fingerprint density at radius 2 is 2.38 bits per heavy atom. The van der Waals surface area contributed by atoms with Crippen molar-refractivity contribution in [2.75, 3.05) is 0 Å². The molecule has 0 aromatic carbocycles. The first-order chi connectivity index (χ1) is 3.97. The summed E-state index contributed by atoms with van der Waals surface area (Å²) in [5.74, 6) is 0. The molecule has 0 fully saturated rings. The van der Waals surface area contributed by atoms with Crippen molar-refractivity contribution in [2.24, 2.45) is 0 Å². The maximum atomic E-state index is 3.03. The third-order valence-electron chi connectivity index (χ3n) is 1.18. The van der Waals surface area contributed by atoms with E-state index in [-0.39, 0.29) is 0 Å². The van der Waals surface area contributed by atoms with Gasteiger partial charge in [-0.05, 0) is 23.6 Å². The summed E-state index contributed by atoms with van der Waals surface area (Å²) in [5.41, 5.74) is 4.34. The van der Waals surface area contributed by atoms with Crippen LogP contribution in [0.4, 0.5) is 0 Å². The highest BCUT2D eigenvalue weighted by Gasteiger charge is 1.98. The van der Waals surface area contributed by atoms with Crippen LogP contribution < -0.4 is 0 Å². The maximum absolute atomic E-state index is 3.03. The van der Waals surface area contributed by atoms with Crippen molar-refractivity contribution < 1.29 is 0 Å². The number of thiophene rings is 1. The lowest BCUT2D eigenvalue weighted by molar-refractivity contribution is 1.88. The Morgan fingerprint density at radius 3 is 3.25 bits per heavy atom. The Bertz CT molecular complexity index is 239. The van der Waals surface area contributed by atoms with E-state index < -0.39 is 0 Å². The van der Waals surface area contributed by atoms with Gasteiger partial charge in [-0.1, -0.05) is 0 Å². The van der Waals surface area contributed by atoms with Crippen molar-refractivity contribution >= 4 is 23.5 Å². The van der Waals surface area contributed by atoms with Crippen LogP contribution in [0.15, 0.2) is 17.2 Å². The van der Waals surface area contributed by atoms with Crippen LogP contribution in [-0.4, -0.2) is 0 Å². The maximum Gasteiger partial charge on any atom is 0.0425 e. The normalized spacial score (nSPS) is 12.5. The molecule has 0 nitrogen and oxygen atoms in total. The second-order valence-electron chi connectivity index (χ2n) is 1.70. The second-order valence-corrected chi connectivity index (χ2v) is 2.64. The summed E-state index contributed by atoms with van der Waals surface area (Å²) in [6.07, 6.45) is 4.02. The zero-order valence-corrected chi connectivity index (χ0v) is 5.03. The lowest BCUT2D eigenvalue weighted by Crippen LogP contribution is -1.57. The van der Waals surface area contributed by atoms with Crippen LogP contribution in [0.25, 0.3) is 12.2 Å². The van der Waals surface area contributed by atoms with Gasteiger partial charge in [0, 0.05) is 10.4 Å². The van der Waals surface area contributed by atoms with Gasteiger partial charge in [0.1, 0.15) is 0 Å². The third kappa shape index (κ3) is 0.401. The Hall–Kier alpha value is -0.780. The first-order valence-electron chi connectivity index (χ1n) is 2.47. The van der Waals surface area contributed by atoms with Crippen LogP contribution in [0.1, 0.15) is 10.4 Å². The predicted octanol–water partition coefficient (Wildman–Crippen LogP) is 2.39. The number of rotatable bonds is 0. The van der Waals surface area contributed by atoms with E-state index >= 15 is 0 Å². The van der Waals surface area contributed by atoms with Crippen LogP contribution in [0.2, 0.25) is 0 Å². The Balaban J connectivity index is 2.78. The smallest absolute Gasteiger partial charge is 0.0425 e. The first-order valence-corrected chi connectivity index (χ1v) is 3.35. The Morgan fingerprint density at radius 1 is 1.38 bits per heavy atom. The van der Waals surface area contributed by atoms with E-state index in [2.05, 4.69) is 17.2 Å². The minimum Gasteiger partial charge on any atom is -0.143 e. The van der Waals surface area contributed by atoms with Gasteiger partial charge in [-0.2, -0.15) is 0 Å². The summed E-state index contributed by atoms with van der Waals surface area (Å²) in [6.45, 7) is 0. The molecule has 1 aliphatic carbocycles. The van der Waals surface area contributed by atoms with E-state index in [0.29, 0.717) is 0 Å². The van der Waals surface area contributed by atoms with Gasteiger partial charge in [0.15, 0.2) is 0 Å². The van der Waals surface area contributed by atoms with Crippen molar-refractivity contribution in [1.82, 2.24) is 0 Å². The monoisotopic (exact) mass is 120 g/mol. The average molecular weight is 120 g/mol. The highest BCUT2D eigenvalue weighted by Crippen LogP contribution is 2.22. The van der Waals surface area contributed by atoms with Gasteiger partial charge in [-0.3, -0.25) is 0 Å². The standard InChI is InChI=1S/C7H4S/c1-2-6-4-5-8-7(6)3-1/h2-5H. The van der Waals surface area contributed by atoms with Gasteiger partial charge in [-0.25, -0.2) is 0 Å². The molecule has 8 heavy (non-hydrogen) atoms. The van der Waals surface area contributed by atoms with Crippen molar-refractivity contribution in [1.29, 1.82) is 0 Å². The summed E-state index contributed by atoms with van der Waals surface area (Å²) in [4.78, 5) is 1.34. The van der Waals surface area contributed by atoms with Gasteiger partial charge in [0.05, 0.1) is 0 Å². The average Bonchev–Trinajstić information content (AvgIpc) is 2.15. The molecule has 2 rings (SSSR count). The molecule has 0 saturated heterocycles. The van der Waals surface area contributed by atoms with Crippen LogP contribution in [-0.2, 0) is 0 Å². The number of fused-ring (bicyclic) bond motifs is 1. The molecule has 1 heteroatoms. The molecule has 0 radical (unpaired) electrons. The Kier molecular flexibility index (Phi) is 0.696. The fourth-order valence-electron chi connectivity index (χ4n) is 0.775. The van der Waals surface area contributed by atoms with Crippen molar-refractivity contribution in [3.05, 3.63) is 27.6 Å². The molecule has 0 spiro atoms. The van der Waals surface area contributed by atoms with Crippen molar-refractivity contribution in [2.45, 2.75) is 0 Å². The topological polar surface area (TPSA) is 0 Å². The highest BCUT2D eigenvalue weighted by atomic mass is 32.1. The fraction of sp³-hybridized carbons (Fsp3) is 0. The minimum absolute atomic E-state index is 1.31. The fourth-order valence-corrected chi connectivity index (χ4v) is 1.53. The number of hydrogen-bond donors (Lipinski definition) is 0. The summed E-state index contributed by atoms with van der Waals surface area (Å²) in [6, 6.07) is 2.11. The molecule has 1 aromatic heterocycles. The summed E-state index contributed by atoms with van der Waals surface area (Å²) in [5, 5.41) is 2.10. The van der Waals surface area contributed by atoms with Crippen molar-refractivity contribution in [3.63, 3.8) is 0 Å². The lowest BCUT2D eigenvalue weighted by Gasteiger charge is -1.76. The molecular weight excluding hydrogens is 116 g/mol. The third-order valence-corrected chi connectivity index (χ3v) is 2.06. The molecule has 0 bridgehead atoms. The molecule has 38 valence electrons. The highest BCUT2D eigenvalue weighted by molar-refractivity contribution is 7.11. The van der Waals surface area contributed by atoms with Crippen LogP contribution >= 0.6 is 11.3 Å². The number of hydrogen-bond acceptors (Lipinski definition) is 1. The minimum atomic E-state index is 1.31. The zero-order valence-electron chi connectivity index (χ0n) is 4.22. The molecule has 1 aliphatic rings. The molecule has 0 atom stereocenters. The summed E-state index contributed by atoms with van der Waals surface area (Å²) in [7, 11) is 0. The van der Waals surface area contributed by atoms with Crippen LogP contribution in [0.3, 0.4) is 0 Å². The van der Waals surface area contributed by atoms with E-state index in [1.54, 1.807) is 11.3 Å². The van der Waals surface area contributed by atoms with Gasteiger partial charge >= 0.3 is 0 Å². The molecular formula is C7H4S. The largest absolute Gasteiger partial charge is 0.143 e. The van der Waals surface area contributed by atoms with E-state index in [1.807, 2.05) is 12.2 Å². The second kappa shape index (κ2) is 1.35. The molecule has 1 aromatic rings. The first kappa shape index (κ1) is 4.13. The zero-order chi connectivity index (χ0) is 5.40. The lowest BCUT2D eigenvalue weighted by atomic mass is 10.3. The van der Waals surface area contributed by atoms with Gasteiger partial charge in [-0.15, -0.1) is 17.1 Å². The molecule has 0 amide bonds. The van der Waals surface area contributed by atoms with Crippen molar-refractivity contribution in [3.8, 4) is 0 Å². The SMILES string of the molecule is C1=Cc2ccsc2C=1. The molecule has 1 heterocycles. The molecule has 0 saturated carbocycles. The quantitative estimate of drug-likeness (QED) is 0.468. The molecule has 0 unspecified atom stereocenters. The van der Waals surface area contributed by atoms with Gasteiger partial charge < -0.3 is 0 Å². The van der Waals surface area contributed by atoms with Crippen LogP contribution in [0, 0.1) is 0 Å². The van der Waals surface area contributed by atoms with E-state index in [4.69, 9.17) is 0 Å². The molecule has 0 N–H and O–H groups in total. The van der Waals surface area contributed by atoms with Gasteiger partial charge in [0.25, 0.3) is 0 Å². The van der Waals surface area contributed by atoms with E-state index in [1.165, 1.54) is 10.4 Å². The summed E-state index contributed by atoms with van der Waals surface area (Å²) < 4.78 is 0. The van der Waals surface area contributed by atoms with Crippen LogP contribution in [0.5, 0.6) is 0 Å². The Labute approximate surface area is 51.8 Å². The van der Waals surface area contributed by atoms with E-state index in [9.17, 15) is 0 Å². The molecule has 0 aliphatic heterocycles. The van der Waals surface area contributed by atoms with Gasteiger partial charge in [0.2, 0.25) is 0 Å².